The van der Waals surface area contributed by atoms with Crippen LogP contribution < -0.4 is 0 Å². The zero-order chi connectivity index (χ0) is 12.1. The number of nitriles is 1. The molecule has 1 rings (SSSR count). The Morgan fingerprint density at radius 1 is 1.38 bits per heavy atom. The first-order valence-electron chi connectivity index (χ1n) is 4.54. The van der Waals surface area contributed by atoms with E-state index in [0.29, 0.717) is 11.1 Å². The summed E-state index contributed by atoms with van der Waals surface area (Å²) in [6.45, 7) is 0. The number of ether oxygens (including phenoxy) is 1. The minimum absolute atomic E-state index is 0.344. The Hall–Kier alpha value is -1.90. The molecule has 0 aliphatic carbocycles. The van der Waals surface area contributed by atoms with Crippen molar-refractivity contribution in [1.29, 1.82) is 5.26 Å². The molecule has 0 aliphatic heterocycles. The number of hydrogen-bond donors (Lipinski definition) is 2. The van der Waals surface area contributed by atoms with E-state index in [2.05, 4.69) is 4.74 Å². The minimum atomic E-state index is -1.63. The van der Waals surface area contributed by atoms with Crippen LogP contribution >= 0.6 is 0 Å². The standard InChI is InChI=1S/C11H11NO4/c1-16-11(15)10(14)9(13)8-4-2-7(6-12)3-5-8/h2-5,9-10,13-14H,1H3/t9-,10+/m1/s1. The van der Waals surface area contributed by atoms with Crippen molar-refractivity contribution in [3.63, 3.8) is 0 Å². The maximum Gasteiger partial charge on any atom is 0.337 e. The molecule has 0 saturated heterocycles. The summed E-state index contributed by atoms with van der Waals surface area (Å²) >= 11 is 0. The number of esters is 1. The molecule has 5 nitrogen and oxygen atoms in total. The molecule has 0 aromatic heterocycles. The number of methoxy groups -OCH3 is 1. The van der Waals surface area contributed by atoms with Gasteiger partial charge >= 0.3 is 5.97 Å². The average molecular weight is 221 g/mol. The van der Waals surface area contributed by atoms with Gasteiger partial charge in [-0.2, -0.15) is 5.26 Å². The molecule has 0 radical (unpaired) electrons. The van der Waals surface area contributed by atoms with Crippen LogP contribution in [0.3, 0.4) is 0 Å². The second-order valence-corrected chi connectivity index (χ2v) is 3.15. The van der Waals surface area contributed by atoms with E-state index in [-0.39, 0.29) is 0 Å². The van der Waals surface area contributed by atoms with Gasteiger partial charge in [0.2, 0.25) is 0 Å². The van der Waals surface area contributed by atoms with Crippen LogP contribution in [-0.2, 0) is 9.53 Å². The van der Waals surface area contributed by atoms with E-state index in [0.717, 1.165) is 7.11 Å². The fraction of sp³-hybridized carbons (Fsp3) is 0.273. The highest BCUT2D eigenvalue weighted by molar-refractivity contribution is 5.75. The van der Waals surface area contributed by atoms with Gasteiger partial charge in [-0.15, -0.1) is 0 Å². The molecular weight excluding hydrogens is 210 g/mol. The smallest absolute Gasteiger partial charge is 0.337 e. The van der Waals surface area contributed by atoms with Crippen LogP contribution in [0.4, 0.5) is 0 Å². The van der Waals surface area contributed by atoms with Crippen LogP contribution in [-0.4, -0.2) is 29.4 Å². The Morgan fingerprint density at radius 2 is 1.94 bits per heavy atom. The van der Waals surface area contributed by atoms with Gasteiger partial charge in [-0.1, -0.05) is 12.1 Å². The van der Waals surface area contributed by atoms with Crippen molar-refractivity contribution in [2.75, 3.05) is 7.11 Å². The first-order valence-corrected chi connectivity index (χ1v) is 4.54. The highest BCUT2D eigenvalue weighted by Gasteiger charge is 2.26. The maximum absolute atomic E-state index is 11.0. The van der Waals surface area contributed by atoms with Crippen LogP contribution in [0.1, 0.15) is 17.2 Å². The summed E-state index contributed by atoms with van der Waals surface area (Å²) in [6, 6.07) is 7.83. The second-order valence-electron chi connectivity index (χ2n) is 3.15. The molecule has 0 fully saturated rings. The Labute approximate surface area is 92.5 Å². The number of aliphatic hydroxyl groups excluding tert-OH is 2. The van der Waals surface area contributed by atoms with Gasteiger partial charge in [-0.05, 0) is 17.7 Å². The fourth-order valence-corrected chi connectivity index (χ4v) is 1.19. The van der Waals surface area contributed by atoms with Gasteiger partial charge in [0.15, 0.2) is 6.10 Å². The van der Waals surface area contributed by atoms with Gasteiger partial charge < -0.3 is 14.9 Å². The summed E-state index contributed by atoms with van der Waals surface area (Å²) < 4.78 is 4.30. The van der Waals surface area contributed by atoms with E-state index in [9.17, 15) is 15.0 Å². The molecule has 0 unspecified atom stereocenters. The molecule has 0 aliphatic rings. The Balaban J connectivity index is 2.84. The molecule has 0 bridgehead atoms. The number of carbonyl (C=O) groups excluding carboxylic acids is 1. The number of nitrogens with zero attached hydrogens (tertiary/aromatic N) is 1. The second kappa shape index (κ2) is 5.26. The minimum Gasteiger partial charge on any atom is -0.467 e. The fourth-order valence-electron chi connectivity index (χ4n) is 1.19. The van der Waals surface area contributed by atoms with Crippen LogP contribution in [0.2, 0.25) is 0 Å². The van der Waals surface area contributed by atoms with Gasteiger partial charge in [0, 0.05) is 0 Å². The quantitative estimate of drug-likeness (QED) is 0.708. The van der Waals surface area contributed by atoms with Gasteiger partial charge in [0.05, 0.1) is 18.7 Å². The first-order chi connectivity index (χ1) is 7.60. The lowest BCUT2D eigenvalue weighted by molar-refractivity contribution is -0.156. The van der Waals surface area contributed by atoms with Crippen LogP contribution in [0.15, 0.2) is 24.3 Å². The summed E-state index contributed by atoms with van der Waals surface area (Å²) in [5, 5.41) is 27.6. The van der Waals surface area contributed by atoms with Crippen molar-refractivity contribution in [2.45, 2.75) is 12.2 Å². The maximum atomic E-state index is 11.0. The highest BCUT2D eigenvalue weighted by Crippen LogP contribution is 2.18. The summed E-state index contributed by atoms with van der Waals surface area (Å²) in [5.41, 5.74) is 0.778. The zero-order valence-electron chi connectivity index (χ0n) is 8.62. The number of carbonyl (C=O) groups is 1. The molecule has 2 N–H and O–H groups in total. The van der Waals surface area contributed by atoms with E-state index in [1.165, 1.54) is 24.3 Å². The van der Waals surface area contributed by atoms with Gasteiger partial charge in [-0.3, -0.25) is 0 Å². The molecule has 5 heteroatoms. The van der Waals surface area contributed by atoms with Crippen LogP contribution in [0, 0.1) is 11.3 Å². The van der Waals surface area contributed by atoms with Crippen molar-refractivity contribution < 1.29 is 19.7 Å². The van der Waals surface area contributed by atoms with Crippen molar-refractivity contribution >= 4 is 5.97 Å². The van der Waals surface area contributed by atoms with Crippen molar-refractivity contribution in [3.8, 4) is 6.07 Å². The third-order valence-electron chi connectivity index (χ3n) is 2.12. The van der Waals surface area contributed by atoms with Gasteiger partial charge in [0.25, 0.3) is 0 Å². The predicted octanol–water partition coefficient (Wildman–Crippen LogP) is 0.126. The number of rotatable bonds is 3. The van der Waals surface area contributed by atoms with Crippen molar-refractivity contribution in [2.24, 2.45) is 0 Å². The van der Waals surface area contributed by atoms with Gasteiger partial charge in [0.1, 0.15) is 6.10 Å². The normalized spacial score (nSPS) is 13.6. The van der Waals surface area contributed by atoms with E-state index in [1.807, 2.05) is 6.07 Å². The Morgan fingerprint density at radius 3 is 2.38 bits per heavy atom. The van der Waals surface area contributed by atoms with E-state index in [4.69, 9.17) is 5.26 Å². The average Bonchev–Trinajstić information content (AvgIpc) is 2.36. The lowest BCUT2D eigenvalue weighted by Gasteiger charge is -2.15. The third-order valence-corrected chi connectivity index (χ3v) is 2.12. The highest BCUT2D eigenvalue weighted by atomic mass is 16.5. The molecule has 1 aromatic rings. The zero-order valence-corrected chi connectivity index (χ0v) is 8.62. The van der Waals surface area contributed by atoms with Crippen molar-refractivity contribution in [1.82, 2.24) is 0 Å². The molecule has 0 heterocycles. The largest absolute Gasteiger partial charge is 0.467 e. The van der Waals surface area contributed by atoms with Crippen LogP contribution in [0.25, 0.3) is 0 Å². The Kier molecular flexibility index (Phi) is 4.00. The van der Waals surface area contributed by atoms with E-state index < -0.39 is 18.2 Å². The SMILES string of the molecule is COC(=O)[C@@H](O)[C@H](O)c1ccc(C#N)cc1. The molecule has 2 atom stereocenters. The summed E-state index contributed by atoms with van der Waals surface area (Å²) in [6.07, 6.45) is -2.99. The molecule has 0 amide bonds. The molecule has 0 saturated carbocycles. The molecular formula is C11H11NO4. The molecule has 1 aromatic carbocycles. The monoisotopic (exact) mass is 221 g/mol. The topological polar surface area (TPSA) is 90.6 Å². The van der Waals surface area contributed by atoms with E-state index >= 15 is 0 Å². The number of benzene rings is 1. The van der Waals surface area contributed by atoms with Crippen LogP contribution in [0.5, 0.6) is 0 Å². The molecule has 84 valence electrons. The Bertz CT molecular complexity index is 407. The number of aliphatic hydroxyl groups is 2. The summed E-state index contributed by atoms with van der Waals surface area (Å²) in [7, 11) is 1.12. The third kappa shape index (κ3) is 2.57. The predicted molar refractivity (Wildman–Crippen MR) is 54.1 cm³/mol. The summed E-state index contributed by atoms with van der Waals surface area (Å²) in [4.78, 5) is 11.0. The van der Waals surface area contributed by atoms with Gasteiger partial charge in [-0.25, -0.2) is 4.79 Å². The van der Waals surface area contributed by atoms with E-state index in [1.54, 1.807) is 0 Å². The van der Waals surface area contributed by atoms with Crippen molar-refractivity contribution in [3.05, 3.63) is 35.4 Å². The summed E-state index contributed by atoms with van der Waals surface area (Å²) in [5.74, 6) is -0.906. The first kappa shape index (κ1) is 12.2. The number of hydrogen-bond acceptors (Lipinski definition) is 5. The lowest BCUT2D eigenvalue weighted by Crippen LogP contribution is -2.28. The molecule has 16 heavy (non-hydrogen) atoms. The molecule has 0 spiro atoms. The lowest BCUT2D eigenvalue weighted by atomic mass is 10.0.